The average Bonchev–Trinajstić information content (AvgIpc) is 2.30. The average molecular weight is 213 g/mol. The van der Waals surface area contributed by atoms with Crippen molar-refractivity contribution in [3.8, 4) is 0 Å². The largest absolute Gasteiger partial charge is 0.342 e. The lowest BCUT2D eigenvalue weighted by Crippen LogP contribution is -2.41. The van der Waals surface area contributed by atoms with Crippen molar-refractivity contribution < 1.29 is 4.79 Å². The summed E-state index contributed by atoms with van der Waals surface area (Å²) in [4.78, 5) is 14.1. The number of rotatable bonds is 1. The molecule has 1 atom stereocenters. The van der Waals surface area contributed by atoms with Crippen LogP contribution in [0.1, 0.15) is 38.5 Å². The van der Waals surface area contributed by atoms with Crippen molar-refractivity contribution in [3.63, 3.8) is 0 Å². The minimum absolute atomic E-state index is 0.293. The zero-order valence-corrected chi connectivity index (χ0v) is 9.52. The van der Waals surface area contributed by atoms with E-state index < -0.39 is 0 Å². The van der Waals surface area contributed by atoms with Crippen molar-refractivity contribution in [2.24, 2.45) is 0 Å². The predicted molar refractivity (Wildman–Crippen MR) is 60.5 cm³/mol. The summed E-state index contributed by atoms with van der Waals surface area (Å²) in [6, 6.07) is 0. The summed E-state index contributed by atoms with van der Waals surface area (Å²) in [7, 11) is 0. The number of thioether (sulfide) groups is 1. The summed E-state index contributed by atoms with van der Waals surface area (Å²) in [6.45, 7) is 2.02. The molecule has 80 valence electrons. The SMILES string of the molecule is O=C(C1CCCCS1)N1CCCCC1. The van der Waals surface area contributed by atoms with E-state index in [0.29, 0.717) is 11.2 Å². The van der Waals surface area contributed by atoms with Crippen LogP contribution >= 0.6 is 11.8 Å². The predicted octanol–water partition coefficient (Wildman–Crippen LogP) is 2.28. The van der Waals surface area contributed by atoms with Gasteiger partial charge in [-0.15, -0.1) is 11.8 Å². The van der Waals surface area contributed by atoms with Crippen molar-refractivity contribution >= 4 is 17.7 Å². The van der Waals surface area contributed by atoms with Crippen molar-refractivity contribution in [1.82, 2.24) is 4.90 Å². The Hall–Kier alpha value is -0.180. The van der Waals surface area contributed by atoms with Gasteiger partial charge in [0.05, 0.1) is 5.25 Å². The van der Waals surface area contributed by atoms with Crippen LogP contribution in [0.25, 0.3) is 0 Å². The number of hydrogen-bond donors (Lipinski definition) is 0. The Morgan fingerprint density at radius 1 is 1.07 bits per heavy atom. The second-order valence-corrected chi connectivity index (χ2v) is 5.55. The van der Waals surface area contributed by atoms with Gasteiger partial charge in [-0.2, -0.15) is 0 Å². The lowest BCUT2D eigenvalue weighted by Gasteiger charge is -2.31. The van der Waals surface area contributed by atoms with E-state index >= 15 is 0 Å². The topological polar surface area (TPSA) is 20.3 Å². The summed E-state index contributed by atoms with van der Waals surface area (Å²) in [5.41, 5.74) is 0. The lowest BCUT2D eigenvalue weighted by atomic mass is 10.1. The van der Waals surface area contributed by atoms with E-state index in [1.54, 1.807) is 0 Å². The number of amides is 1. The monoisotopic (exact) mass is 213 g/mol. The molecule has 2 fully saturated rings. The summed E-state index contributed by atoms with van der Waals surface area (Å²) < 4.78 is 0. The zero-order valence-electron chi connectivity index (χ0n) is 8.71. The Kier molecular flexibility index (Phi) is 3.74. The third kappa shape index (κ3) is 2.44. The molecule has 14 heavy (non-hydrogen) atoms. The van der Waals surface area contributed by atoms with Crippen LogP contribution in [-0.4, -0.2) is 34.9 Å². The fourth-order valence-electron chi connectivity index (χ4n) is 2.25. The first kappa shape index (κ1) is 10.3. The van der Waals surface area contributed by atoms with Crippen molar-refractivity contribution in [2.75, 3.05) is 18.8 Å². The molecule has 3 heteroatoms. The third-order valence-electron chi connectivity index (χ3n) is 3.12. The van der Waals surface area contributed by atoms with E-state index in [4.69, 9.17) is 0 Å². The number of likely N-dealkylation sites (tertiary alicyclic amines) is 1. The van der Waals surface area contributed by atoms with Crippen molar-refractivity contribution in [3.05, 3.63) is 0 Å². The molecule has 2 rings (SSSR count). The standard InChI is InChI=1S/C11H19NOS/c13-11(10-6-2-5-9-14-10)12-7-3-1-4-8-12/h10H,1-9H2. The number of carbonyl (C=O) groups excluding carboxylic acids is 1. The molecule has 0 N–H and O–H groups in total. The van der Waals surface area contributed by atoms with E-state index in [9.17, 15) is 4.79 Å². The van der Waals surface area contributed by atoms with E-state index in [1.165, 1.54) is 37.9 Å². The molecule has 0 aromatic heterocycles. The Balaban J connectivity index is 1.85. The maximum atomic E-state index is 12.1. The number of carbonyl (C=O) groups is 1. The highest BCUT2D eigenvalue weighted by Crippen LogP contribution is 2.27. The van der Waals surface area contributed by atoms with E-state index in [0.717, 1.165) is 19.5 Å². The Morgan fingerprint density at radius 3 is 2.50 bits per heavy atom. The molecule has 2 saturated heterocycles. The number of piperidine rings is 1. The van der Waals surface area contributed by atoms with Gasteiger partial charge in [-0.25, -0.2) is 0 Å². The minimum Gasteiger partial charge on any atom is -0.342 e. The first-order chi connectivity index (χ1) is 6.88. The summed E-state index contributed by atoms with van der Waals surface area (Å²) in [5, 5.41) is 0.293. The highest BCUT2D eigenvalue weighted by atomic mass is 32.2. The van der Waals surface area contributed by atoms with Crippen LogP contribution in [0.15, 0.2) is 0 Å². The molecule has 0 aromatic carbocycles. The van der Waals surface area contributed by atoms with Crippen LogP contribution in [0.3, 0.4) is 0 Å². The molecular formula is C11H19NOS. The minimum atomic E-state index is 0.293. The maximum absolute atomic E-state index is 12.1. The van der Waals surface area contributed by atoms with E-state index in [2.05, 4.69) is 4.90 Å². The van der Waals surface area contributed by atoms with E-state index in [-0.39, 0.29) is 0 Å². The summed E-state index contributed by atoms with van der Waals surface area (Å²) in [6.07, 6.45) is 7.39. The van der Waals surface area contributed by atoms with Crippen LogP contribution in [0.2, 0.25) is 0 Å². The van der Waals surface area contributed by atoms with Crippen molar-refractivity contribution in [1.29, 1.82) is 0 Å². The van der Waals surface area contributed by atoms with Gasteiger partial charge in [-0.3, -0.25) is 4.79 Å². The summed E-state index contributed by atoms with van der Waals surface area (Å²) >= 11 is 1.87. The number of hydrogen-bond acceptors (Lipinski definition) is 2. The molecule has 2 heterocycles. The fraction of sp³-hybridized carbons (Fsp3) is 0.909. The fourth-order valence-corrected chi connectivity index (χ4v) is 3.53. The van der Waals surface area contributed by atoms with Gasteiger partial charge in [0.1, 0.15) is 0 Å². The lowest BCUT2D eigenvalue weighted by molar-refractivity contribution is -0.131. The summed E-state index contributed by atoms with van der Waals surface area (Å²) in [5.74, 6) is 1.61. The van der Waals surface area contributed by atoms with Gasteiger partial charge in [0.2, 0.25) is 5.91 Å². The molecule has 0 saturated carbocycles. The quantitative estimate of drug-likeness (QED) is 0.666. The van der Waals surface area contributed by atoms with Crippen molar-refractivity contribution in [2.45, 2.75) is 43.8 Å². The van der Waals surface area contributed by atoms with Crippen LogP contribution in [-0.2, 0) is 4.79 Å². The molecule has 2 nitrogen and oxygen atoms in total. The Labute approximate surface area is 90.4 Å². The normalized spacial score (nSPS) is 28.9. The van der Waals surface area contributed by atoms with Gasteiger partial charge in [0.15, 0.2) is 0 Å². The first-order valence-electron chi connectivity index (χ1n) is 5.78. The smallest absolute Gasteiger partial charge is 0.235 e. The molecule has 0 aromatic rings. The third-order valence-corrected chi connectivity index (χ3v) is 4.49. The van der Waals surface area contributed by atoms with Crippen LogP contribution in [0, 0.1) is 0 Å². The Bertz CT molecular complexity index is 175. The van der Waals surface area contributed by atoms with Crippen LogP contribution in [0.4, 0.5) is 0 Å². The number of nitrogens with zero attached hydrogens (tertiary/aromatic N) is 1. The molecule has 2 aliphatic rings. The van der Waals surface area contributed by atoms with Crippen LogP contribution in [0.5, 0.6) is 0 Å². The molecule has 1 unspecified atom stereocenters. The molecule has 0 bridgehead atoms. The molecular weight excluding hydrogens is 194 g/mol. The van der Waals surface area contributed by atoms with E-state index in [1.807, 2.05) is 11.8 Å². The van der Waals surface area contributed by atoms with Crippen LogP contribution < -0.4 is 0 Å². The maximum Gasteiger partial charge on any atom is 0.235 e. The van der Waals surface area contributed by atoms with Gasteiger partial charge < -0.3 is 4.90 Å². The van der Waals surface area contributed by atoms with Gasteiger partial charge in [0, 0.05) is 13.1 Å². The van der Waals surface area contributed by atoms with Gasteiger partial charge in [-0.05, 0) is 37.9 Å². The highest BCUT2D eigenvalue weighted by Gasteiger charge is 2.26. The molecule has 0 radical (unpaired) electrons. The molecule has 2 aliphatic heterocycles. The Morgan fingerprint density at radius 2 is 1.86 bits per heavy atom. The van der Waals surface area contributed by atoms with Gasteiger partial charge in [0.25, 0.3) is 0 Å². The van der Waals surface area contributed by atoms with Gasteiger partial charge in [-0.1, -0.05) is 6.42 Å². The molecule has 1 amide bonds. The molecule has 0 aliphatic carbocycles. The first-order valence-corrected chi connectivity index (χ1v) is 6.83. The second kappa shape index (κ2) is 5.06. The molecule has 0 spiro atoms. The second-order valence-electron chi connectivity index (χ2n) is 4.24. The van der Waals surface area contributed by atoms with Gasteiger partial charge >= 0.3 is 0 Å². The highest BCUT2D eigenvalue weighted by molar-refractivity contribution is 8.00. The zero-order chi connectivity index (χ0) is 9.80.